The highest BCUT2D eigenvalue weighted by atomic mass is 19.1. The van der Waals surface area contributed by atoms with Crippen molar-refractivity contribution in [3.8, 4) is 0 Å². The van der Waals surface area contributed by atoms with Gasteiger partial charge in [-0.1, -0.05) is 30.3 Å². The minimum Gasteiger partial charge on any atom is -0.376 e. The van der Waals surface area contributed by atoms with Gasteiger partial charge in [0.1, 0.15) is 5.82 Å². The molecule has 2 aromatic carbocycles. The zero-order valence-corrected chi connectivity index (χ0v) is 11.6. The van der Waals surface area contributed by atoms with Gasteiger partial charge < -0.3 is 5.32 Å². The maximum Gasteiger partial charge on any atom is 0.259 e. The molecular formula is C16H16FN3O. The third kappa shape index (κ3) is 4.72. The van der Waals surface area contributed by atoms with Crippen LogP contribution < -0.4 is 10.7 Å². The molecule has 0 aliphatic carbocycles. The first-order chi connectivity index (χ1) is 10.1. The van der Waals surface area contributed by atoms with Gasteiger partial charge in [0, 0.05) is 5.69 Å². The highest BCUT2D eigenvalue weighted by Gasteiger charge is 2.01. The number of rotatable bonds is 5. The number of anilines is 1. The molecule has 2 aromatic rings. The molecule has 108 valence electrons. The van der Waals surface area contributed by atoms with Gasteiger partial charge in [0.2, 0.25) is 0 Å². The Morgan fingerprint density at radius 1 is 1.10 bits per heavy atom. The van der Waals surface area contributed by atoms with E-state index in [1.165, 1.54) is 12.1 Å². The number of carbonyl (C=O) groups excluding carboxylic acids is 1. The Labute approximate surface area is 122 Å². The van der Waals surface area contributed by atoms with Crippen LogP contribution in [0.15, 0.2) is 59.7 Å². The summed E-state index contributed by atoms with van der Waals surface area (Å²) in [4.78, 5) is 11.7. The molecule has 0 aliphatic heterocycles. The van der Waals surface area contributed by atoms with Gasteiger partial charge in [0.25, 0.3) is 5.91 Å². The third-order valence-electron chi connectivity index (χ3n) is 2.84. The lowest BCUT2D eigenvalue weighted by Gasteiger charge is -2.06. The van der Waals surface area contributed by atoms with Crippen LogP contribution in [-0.4, -0.2) is 18.2 Å². The summed E-state index contributed by atoms with van der Waals surface area (Å²) >= 11 is 0. The van der Waals surface area contributed by atoms with Gasteiger partial charge in [-0.15, -0.1) is 0 Å². The van der Waals surface area contributed by atoms with Gasteiger partial charge in [0.05, 0.1) is 12.3 Å². The number of nitrogens with one attached hydrogen (secondary N) is 2. The molecule has 0 aromatic heterocycles. The second kappa shape index (κ2) is 7.19. The van der Waals surface area contributed by atoms with Crippen molar-refractivity contribution >= 4 is 17.3 Å². The van der Waals surface area contributed by atoms with Crippen LogP contribution in [0.1, 0.15) is 12.5 Å². The number of hydrogen-bond acceptors (Lipinski definition) is 3. The molecule has 0 saturated heterocycles. The average Bonchev–Trinajstić information content (AvgIpc) is 2.53. The van der Waals surface area contributed by atoms with E-state index >= 15 is 0 Å². The van der Waals surface area contributed by atoms with E-state index < -0.39 is 0 Å². The van der Waals surface area contributed by atoms with Gasteiger partial charge in [-0.25, -0.2) is 9.82 Å². The van der Waals surface area contributed by atoms with Crippen molar-refractivity contribution in [1.29, 1.82) is 0 Å². The zero-order chi connectivity index (χ0) is 15.1. The maximum absolute atomic E-state index is 12.7. The van der Waals surface area contributed by atoms with Crippen LogP contribution in [-0.2, 0) is 4.79 Å². The first-order valence-electron chi connectivity index (χ1n) is 6.53. The fourth-order valence-corrected chi connectivity index (χ4v) is 1.68. The van der Waals surface area contributed by atoms with E-state index in [4.69, 9.17) is 0 Å². The second-order valence-electron chi connectivity index (χ2n) is 4.46. The van der Waals surface area contributed by atoms with E-state index in [9.17, 15) is 9.18 Å². The van der Waals surface area contributed by atoms with Crippen molar-refractivity contribution < 1.29 is 9.18 Å². The molecule has 4 nitrogen and oxygen atoms in total. The lowest BCUT2D eigenvalue weighted by molar-refractivity contribution is -0.119. The highest BCUT2D eigenvalue weighted by Crippen LogP contribution is 2.07. The number of benzene rings is 2. The molecule has 0 saturated carbocycles. The van der Waals surface area contributed by atoms with Crippen LogP contribution in [0.3, 0.4) is 0 Å². The molecule has 0 atom stereocenters. The molecule has 0 radical (unpaired) electrons. The predicted molar refractivity (Wildman–Crippen MR) is 81.7 cm³/mol. The van der Waals surface area contributed by atoms with Crippen LogP contribution in [0.2, 0.25) is 0 Å². The normalized spacial score (nSPS) is 11.0. The molecule has 0 bridgehead atoms. The molecule has 2 rings (SSSR count). The molecule has 0 unspecified atom stereocenters. The topological polar surface area (TPSA) is 53.5 Å². The number of carbonyl (C=O) groups is 1. The van der Waals surface area contributed by atoms with Crippen LogP contribution in [0.4, 0.5) is 10.1 Å². The number of nitrogens with zero attached hydrogens (tertiary/aromatic N) is 1. The van der Waals surface area contributed by atoms with E-state index in [2.05, 4.69) is 15.8 Å². The number of halogens is 1. The second-order valence-corrected chi connectivity index (χ2v) is 4.46. The van der Waals surface area contributed by atoms with E-state index in [-0.39, 0.29) is 18.3 Å². The summed E-state index contributed by atoms with van der Waals surface area (Å²) in [6, 6.07) is 15.4. The lowest BCUT2D eigenvalue weighted by atomic mass is 10.1. The Morgan fingerprint density at radius 3 is 2.43 bits per heavy atom. The molecule has 0 fully saturated rings. The molecule has 2 N–H and O–H groups in total. The zero-order valence-electron chi connectivity index (χ0n) is 11.6. The Balaban J connectivity index is 1.83. The van der Waals surface area contributed by atoms with Crippen LogP contribution in [0.5, 0.6) is 0 Å². The van der Waals surface area contributed by atoms with Gasteiger partial charge in [0.15, 0.2) is 0 Å². The molecular weight excluding hydrogens is 269 g/mol. The van der Waals surface area contributed by atoms with Gasteiger partial charge in [-0.05, 0) is 36.8 Å². The first kappa shape index (κ1) is 14.7. The van der Waals surface area contributed by atoms with E-state index in [0.29, 0.717) is 5.69 Å². The molecule has 0 spiro atoms. The summed E-state index contributed by atoms with van der Waals surface area (Å²) in [5.41, 5.74) is 4.83. The van der Waals surface area contributed by atoms with Crippen molar-refractivity contribution in [2.45, 2.75) is 6.92 Å². The Bertz CT molecular complexity index is 624. The summed E-state index contributed by atoms with van der Waals surface area (Å²) in [5, 5.41) is 6.93. The molecule has 21 heavy (non-hydrogen) atoms. The SMILES string of the molecule is CC(=NNC(=O)CNc1ccc(F)cc1)c1ccccc1. The molecule has 0 aliphatic rings. The summed E-state index contributed by atoms with van der Waals surface area (Å²) in [5.74, 6) is -0.581. The van der Waals surface area contributed by atoms with Crippen LogP contribution >= 0.6 is 0 Å². The van der Waals surface area contributed by atoms with Gasteiger partial charge in [-0.2, -0.15) is 5.10 Å². The van der Waals surface area contributed by atoms with Crippen molar-refractivity contribution in [1.82, 2.24) is 5.43 Å². The summed E-state index contributed by atoms with van der Waals surface area (Å²) in [6.45, 7) is 1.89. The largest absolute Gasteiger partial charge is 0.376 e. The fourth-order valence-electron chi connectivity index (χ4n) is 1.68. The van der Waals surface area contributed by atoms with Crippen molar-refractivity contribution in [3.63, 3.8) is 0 Å². The quantitative estimate of drug-likeness (QED) is 0.655. The Kier molecular flexibility index (Phi) is 5.04. The molecule has 1 amide bonds. The minimum atomic E-state index is -0.312. The summed E-state index contributed by atoms with van der Waals surface area (Å²) in [7, 11) is 0. The Morgan fingerprint density at radius 2 is 1.76 bits per heavy atom. The monoisotopic (exact) mass is 285 g/mol. The smallest absolute Gasteiger partial charge is 0.259 e. The van der Waals surface area contributed by atoms with Crippen molar-refractivity contribution in [3.05, 3.63) is 66.0 Å². The van der Waals surface area contributed by atoms with Gasteiger partial charge >= 0.3 is 0 Å². The molecule has 5 heteroatoms. The average molecular weight is 285 g/mol. The summed E-state index contributed by atoms with van der Waals surface area (Å²) < 4.78 is 12.7. The Hall–Kier alpha value is -2.69. The van der Waals surface area contributed by atoms with E-state index in [0.717, 1.165) is 11.3 Å². The highest BCUT2D eigenvalue weighted by molar-refractivity contribution is 5.99. The minimum absolute atomic E-state index is 0.0667. The maximum atomic E-state index is 12.7. The van der Waals surface area contributed by atoms with E-state index in [1.807, 2.05) is 37.3 Å². The third-order valence-corrected chi connectivity index (χ3v) is 2.84. The predicted octanol–water partition coefficient (Wildman–Crippen LogP) is 2.78. The first-order valence-corrected chi connectivity index (χ1v) is 6.53. The number of amides is 1. The standard InChI is InChI=1S/C16H16FN3O/c1-12(13-5-3-2-4-6-13)19-20-16(21)11-18-15-9-7-14(17)8-10-15/h2-10,18H,11H2,1H3,(H,20,21). The lowest BCUT2D eigenvalue weighted by Crippen LogP contribution is -2.26. The fraction of sp³-hybridized carbons (Fsp3) is 0.125. The van der Waals surface area contributed by atoms with Crippen molar-refractivity contribution in [2.24, 2.45) is 5.10 Å². The summed E-state index contributed by atoms with van der Waals surface area (Å²) in [6.07, 6.45) is 0. The molecule has 0 heterocycles. The number of hydrazone groups is 1. The number of hydrogen-bond donors (Lipinski definition) is 2. The van der Waals surface area contributed by atoms with E-state index in [1.54, 1.807) is 12.1 Å². The van der Waals surface area contributed by atoms with Crippen LogP contribution in [0, 0.1) is 5.82 Å². The van der Waals surface area contributed by atoms with Gasteiger partial charge in [-0.3, -0.25) is 4.79 Å². The van der Waals surface area contributed by atoms with Crippen molar-refractivity contribution in [2.75, 3.05) is 11.9 Å². The van der Waals surface area contributed by atoms with Crippen LogP contribution in [0.25, 0.3) is 0 Å².